The van der Waals surface area contributed by atoms with E-state index in [1.807, 2.05) is 0 Å². The first-order valence-corrected chi connectivity index (χ1v) is 5.15. The van der Waals surface area contributed by atoms with Crippen LogP contribution in [-0.4, -0.2) is 9.79 Å². The second-order valence-electron chi connectivity index (χ2n) is 1.62. The first-order chi connectivity index (χ1) is 5.08. The van der Waals surface area contributed by atoms with Crippen LogP contribution >= 0.6 is 16.0 Å². The minimum atomic E-state index is -4.53. The summed E-state index contributed by atoms with van der Waals surface area (Å²) < 4.78 is 13.8. The molecule has 1 aromatic heterocycles. The van der Waals surface area contributed by atoms with Crippen LogP contribution in [0.4, 0.5) is 0 Å². The van der Waals surface area contributed by atoms with Crippen LogP contribution in [0.1, 0.15) is 0 Å². The van der Waals surface area contributed by atoms with Crippen LogP contribution in [-0.2, 0) is 9.24 Å². The number of hydrogen-bond donors (Lipinski definition) is 2. The minimum absolute atomic E-state index is 0.201. The van der Waals surface area contributed by atoms with Crippen LogP contribution in [0.5, 0.6) is 5.75 Å². The summed E-state index contributed by atoms with van der Waals surface area (Å²) in [6.07, 6.45) is 0. The summed E-state index contributed by atoms with van der Waals surface area (Å²) in [6.45, 7) is 0. The van der Waals surface area contributed by atoms with Gasteiger partial charge in [-0.25, -0.2) is 4.57 Å². The Kier molecular flexibility index (Phi) is 2.71. The van der Waals surface area contributed by atoms with E-state index in [2.05, 4.69) is 15.4 Å². The highest BCUT2D eigenvalue weighted by molar-refractivity contribution is 7.46. The van der Waals surface area contributed by atoms with E-state index in [0.29, 0.717) is 8.19 Å². The Morgan fingerprint density at radius 1 is 1.64 bits per heavy atom. The molecular weight excluding hydrogens is 190 g/mol. The summed E-state index contributed by atoms with van der Waals surface area (Å²) in [5, 5.41) is 0. The highest BCUT2D eigenvalue weighted by Gasteiger charge is 2.14. The lowest BCUT2D eigenvalue weighted by molar-refractivity contribution is -0.122. The molecule has 0 amide bonds. The molecular formula is C4H5O5P2-. The fourth-order valence-corrected chi connectivity index (χ4v) is 1.17. The maximum atomic E-state index is 10.1. The van der Waals surface area contributed by atoms with Crippen molar-refractivity contribution in [1.82, 2.24) is 0 Å². The molecule has 1 rings (SSSR count). The van der Waals surface area contributed by atoms with Crippen LogP contribution in [0.25, 0.3) is 0 Å². The van der Waals surface area contributed by atoms with E-state index in [0.717, 1.165) is 0 Å². The van der Waals surface area contributed by atoms with Crippen molar-refractivity contribution >= 4 is 16.0 Å². The smallest absolute Gasteiger partial charge is 0.355 e. The summed E-state index contributed by atoms with van der Waals surface area (Å²) >= 11 is 0. The highest BCUT2D eigenvalue weighted by Crippen LogP contribution is 2.36. The van der Waals surface area contributed by atoms with Crippen molar-refractivity contribution in [1.29, 1.82) is 0 Å². The molecule has 0 spiro atoms. The maximum Gasteiger partial charge on any atom is 0.505 e. The summed E-state index contributed by atoms with van der Waals surface area (Å²) in [7, 11) is -4.18. The average Bonchev–Trinajstić information content (AvgIpc) is 2.32. The molecule has 62 valence electrons. The maximum absolute atomic E-state index is 10.1. The third kappa shape index (κ3) is 3.56. The normalized spacial score (nSPS) is 12.2. The molecule has 1 aromatic rings. The highest BCUT2D eigenvalue weighted by atomic mass is 31.2. The van der Waals surface area contributed by atoms with Crippen LogP contribution < -0.4 is 4.89 Å². The van der Waals surface area contributed by atoms with E-state index in [-0.39, 0.29) is 5.75 Å². The molecule has 5 nitrogen and oxygen atoms in total. The molecule has 0 aromatic carbocycles. The summed E-state index contributed by atoms with van der Waals surface area (Å²) in [6, 6.07) is 1.52. The topological polar surface area (TPSA) is 76.0 Å². The SMILES string of the molecule is O=P(O)(O)OOc1[c-][pH]cc1. The van der Waals surface area contributed by atoms with E-state index in [1.165, 1.54) is 6.07 Å². The van der Waals surface area contributed by atoms with Crippen molar-refractivity contribution in [2.75, 3.05) is 0 Å². The van der Waals surface area contributed by atoms with Gasteiger partial charge in [-0.05, 0) is 0 Å². The zero-order valence-electron chi connectivity index (χ0n) is 5.22. The zero-order chi connectivity index (χ0) is 8.32. The fourth-order valence-electron chi connectivity index (χ4n) is 0.409. The predicted octanol–water partition coefficient (Wildman–Crippen LogP) is 0.921. The first-order valence-electron chi connectivity index (χ1n) is 2.55. The van der Waals surface area contributed by atoms with Gasteiger partial charge in [0.05, 0.1) is 0 Å². The predicted molar refractivity (Wildman–Crippen MR) is 38.5 cm³/mol. The number of phosphoric acid groups is 1. The van der Waals surface area contributed by atoms with Crippen LogP contribution in [0.2, 0.25) is 0 Å². The molecule has 1 unspecified atom stereocenters. The summed E-state index contributed by atoms with van der Waals surface area (Å²) in [4.78, 5) is 20.6. The quantitative estimate of drug-likeness (QED) is 0.324. The Bertz CT molecular complexity index is 249. The van der Waals surface area contributed by atoms with Gasteiger partial charge >= 0.3 is 7.82 Å². The molecule has 0 aliphatic heterocycles. The van der Waals surface area contributed by atoms with Gasteiger partial charge in [0.25, 0.3) is 0 Å². The van der Waals surface area contributed by atoms with Crippen molar-refractivity contribution in [2.24, 2.45) is 0 Å². The second-order valence-corrected chi connectivity index (χ2v) is 3.62. The molecule has 0 saturated heterocycles. The van der Waals surface area contributed by atoms with Gasteiger partial charge in [0.1, 0.15) is 0 Å². The number of rotatable bonds is 3. The number of hydrogen-bond acceptors (Lipinski definition) is 3. The molecule has 0 radical (unpaired) electrons. The van der Waals surface area contributed by atoms with Gasteiger partial charge in [-0.15, -0.1) is 5.80 Å². The third-order valence-electron chi connectivity index (χ3n) is 0.738. The molecule has 11 heavy (non-hydrogen) atoms. The molecule has 2 N–H and O–H groups in total. The van der Waals surface area contributed by atoms with Crippen LogP contribution in [0.3, 0.4) is 0 Å². The Balaban J connectivity index is 2.41. The van der Waals surface area contributed by atoms with Crippen molar-refractivity contribution in [3.05, 3.63) is 17.7 Å². The Morgan fingerprint density at radius 2 is 2.36 bits per heavy atom. The monoisotopic (exact) mass is 195 g/mol. The molecule has 0 bridgehead atoms. The molecule has 0 saturated carbocycles. The Hall–Kier alpha value is -0.310. The van der Waals surface area contributed by atoms with Crippen LogP contribution in [0.15, 0.2) is 11.9 Å². The van der Waals surface area contributed by atoms with Gasteiger partial charge in [0.2, 0.25) is 0 Å². The van der Waals surface area contributed by atoms with E-state index in [1.54, 1.807) is 5.80 Å². The molecule has 0 aliphatic rings. The van der Waals surface area contributed by atoms with Gasteiger partial charge in [0, 0.05) is 5.75 Å². The largest absolute Gasteiger partial charge is 0.505 e. The second kappa shape index (κ2) is 3.39. The van der Waals surface area contributed by atoms with Crippen molar-refractivity contribution in [3.63, 3.8) is 0 Å². The fraction of sp³-hybridized carbons (Fsp3) is 0. The molecule has 0 aliphatic carbocycles. The Labute approximate surface area is 64.2 Å². The Morgan fingerprint density at radius 3 is 2.82 bits per heavy atom. The lowest BCUT2D eigenvalue weighted by Crippen LogP contribution is -1.92. The summed E-state index contributed by atoms with van der Waals surface area (Å²) in [5.41, 5.74) is 0. The van der Waals surface area contributed by atoms with Gasteiger partial charge in [-0.2, -0.15) is 11.9 Å². The molecule has 7 heteroatoms. The zero-order valence-corrected chi connectivity index (χ0v) is 7.12. The minimum Gasteiger partial charge on any atom is -0.355 e. The molecule has 1 heterocycles. The van der Waals surface area contributed by atoms with Gasteiger partial charge in [0.15, 0.2) is 0 Å². The summed E-state index contributed by atoms with van der Waals surface area (Å²) in [5.74, 6) is 4.62. The van der Waals surface area contributed by atoms with E-state index < -0.39 is 7.82 Å². The first kappa shape index (κ1) is 8.78. The third-order valence-corrected chi connectivity index (χ3v) is 1.73. The van der Waals surface area contributed by atoms with Crippen molar-refractivity contribution < 1.29 is 23.9 Å². The van der Waals surface area contributed by atoms with Gasteiger partial charge < -0.3 is 14.7 Å². The van der Waals surface area contributed by atoms with Crippen molar-refractivity contribution in [2.45, 2.75) is 0 Å². The van der Waals surface area contributed by atoms with Crippen LogP contribution in [0, 0.1) is 5.80 Å². The van der Waals surface area contributed by atoms with Crippen molar-refractivity contribution in [3.8, 4) is 5.75 Å². The van der Waals surface area contributed by atoms with E-state index >= 15 is 0 Å². The van der Waals surface area contributed by atoms with Gasteiger partial charge in [-0.1, -0.05) is 4.67 Å². The van der Waals surface area contributed by atoms with Gasteiger partial charge in [-0.3, -0.25) is 8.19 Å². The molecule has 0 fully saturated rings. The lowest BCUT2D eigenvalue weighted by atomic mass is 10.6. The van der Waals surface area contributed by atoms with E-state index in [4.69, 9.17) is 9.79 Å². The molecule has 1 atom stereocenters. The standard InChI is InChI=1S/C4H5O5P2/c5-11(6,7)9-8-4-1-2-10-3-4/h1-2,10H,(H2,5,6,7)/q-1. The lowest BCUT2D eigenvalue weighted by Gasteiger charge is -2.05. The van der Waals surface area contributed by atoms with E-state index in [9.17, 15) is 4.57 Å². The average molecular weight is 195 g/mol.